The molecule has 3 aromatic rings. The smallest absolute Gasteiger partial charge is 0.225 e. The zero-order chi connectivity index (χ0) is 18.7. The Kier molecular flexibility index (Phi) is 5.39. The number of carbonyl (C=O) groups excluding carboxylic acids is 1. The van der Waals surface area contributed by atoms with E-state index in [4.69, 9.17) is 11.6 Å². The SMILES string of the molecule is C=CSC(=C)C(=O)c1nc(NCc2cccnc2)nc2c1cc(Cl)n2C. The Balaban J connectivity index is 2.01. The highest BCUT2D eigenvalue weighted by atomic mass is 35.5. The third-order valence-electron chi connectivity index (χ3n) is 3.69. The maximum absolute atomic E-state index is 12.7. The third-order valence-corrected chi connectivity index (χ3v) is 4.69. The molecule has 6 nitrogen and oxygen atoms in total. The van der Waals surface area contributed by atoms with E-state index >= 15 is 0 Å². The standard InChI is InChI=1S/C18H16ClN5OS/c1-4-26-11(2)16(25)15-13-8-14(19)24(3)17(13)23-18(22-15)21-10-12-6-5-7-20-9-12/h4-9H,1-2,10H2,3H3,(H,21,22,23). The van der Waals surface area contributed by atoms with Crippen LogP contribution in [0, 0.1) is 0 Å². The lowest BCUT2D eigenvalue weighted by atomic mass is 10.2. The molecule has 26 heavy (non-hydrogen) atoms. The molecule has 0 aliphatic heterocycles. The summed E-state index contributed by atoms with van der Waals surface area (Å²) in [5.41, 5.74) is 1.80. The van der Waals surface area contributed by atoms with Gasteiger partial charge in [-0.2, -0.15) is 4.98 Å². The quantitative estimate of drug-likeness (QED) is 0.485. The van der Waals surface area contributed by atoms with Crippen molar-refractivity contribution in [2.75, 3.05) is 5.32 Å². The second kappa shape index (κ2) is 7.72. The monoisotopic (exact) mass is 385 g/mol. The van der Waals surface area contributed by atoms with E-state index in [0.717, 1.165) is 17.3 Å². The molecule has 0 saturated heterocycles. The molecule has 0 saturated carbocycles. The minimum Gasteiger partial charge on any atom is -0.350 e. The molecule has 0 spiro atoms. The van der Waals surface area contributed by atoms with Gasteiger partial charge in [-0.1, -0.05) is 42.6 Å². The summed E-state index contributed by atoms with van der Waals surface area (Å²) in [7, 11) is 1.78. The summed E-state index contributed by atoms with van der Waals surface area (Å²) in [6.45, 7) is 7.88. The number of allylic oxidation sites excluding steroid dienone is 1. The van der Waals surface area contributed by atoms with Crippen LogP contribution in [0.2, 0.25) is 5.15 Å². The van der Waals surface area contributed by atoms with Gasteiger partial charge in [0, 0.05) is 26.0 Å². The Morgan fingerprint density at radius 1 is 1.46 bits per heavy atom. The summed E-state index contributed by atoms with van der Waals surface area (Å²) in [6.07, 6.45) is 3.46. The van der Waals surface area contributed by atoms with E-state index in [1.165, 1.54) is 0 Å². The van der Waals surface area contributed by atoms with Gasteiger partial charge in [0.25, 0.3) is 0 Å². The normalized spacial score (nSPS) is 10.7. The molecule has 8 heteroatoms. The molecule has 3 aromatic heterocycles. The van der Waals surface area contributed by atoms with Crippen LogP contribution in [0.15, 0.2) is 54.1 Å². The molecular weight excluding hydrogens is 370 g/mol. The summed E-state index contributed by atoms with van der Waals surface area (Å²) in [6, 6.07) is 5.47. The van der Waals surface area contributed by atoms with Crippen molar-refractivity contribution < 1.29 is 4.79 Å². The van der Waals surface area contributed by atoms with Crippen molar-refractivity contribution in [2.24, 2.45) is 7.05 Å². The number of nitrogens with zero attached hydrogens (tertiary/aromatic N) is 4. The minimum atomic E-state index is -0.283. The summed E-state index contributed by atoms with van der Waals surface area (Å²) < 4.78 is 1.70. The fourth-order valence-electron chi connectivity index (χ4n) is 2.39. The van der Waals surface area contributed by atoms with Crippen LogP contribution in [0.1, 0.15) is 16.1 Å². The number of hydrogen-bond donors (Lipinski definition) is 1. The maximum atomic E-state index is 12.7. The van der Waals surface area contributed by atoms with Crippen LogP contribution in [-0.4, -0.2) is 25.3 Å². The van der Waals surface area contributed by atoms with E-state index in [9.17, 15) is 4.79 Å². The van der Waals surface area contributed by atoms with Crippen LogP contribution >= 0.6 is 23.4 Å². The van der Waals surface area contributed by atoms with Crippen LogP contribution in [0.25, 0.3) is 11.0 Å². The van der Waals surface area contributed by atoms with Crippen LogP contribution in [0.3, 0.4) is 0 Å². The van der Waals surface area contributed by atoms with Gasteiger partial charge in [0.2, 0.25) is 11.7 Å². The highest BCUT2D eigenvalue weighted by molar-refractivity contribution is 8.06. The molecular formula is C18H16ClN5OS. The van der Waals surface area contributed by atoms with Gasteiger partial charge in [0.1, 0.15) is 16.5 Å². The Morgan fingerprint density at radius 2 is 2.27 bits per heavy atom. The zero-order valence-corrected chi connectivity index (χ0v) is 15.6. The molecule has 0 unspecified atom stereocenters. The average molecular weight is 386 g/mol. The molecule has 0 aliphatic rings. The Bertz CT molecular complexity index is 1000. The van der Waals surface area contributed by atoms with E-state index in [1.54, 1.807) is 35.5 Å². The molecule has 0 fully saturated rings. The van der Waals surface area contributed by atoms with Crippen LogP contribution in [-0.2, 0) is 13.6 Å². The van der Waals surface area contributed by atoms with Crippen molar-refractivity contribution in [1.82, 2.24) is 19.5 Å². The summed E-state index contributed by atoms with van der Waals surface area (Å²) in [5, 5.41) is 5.73. The second-order valence-corrected chi connectivity index (χ2v) is 6.86. The number of nitrogens with one attached hydrogen (secondary N) is 1. The minimum absolute atomic E-state index is 0.255. The number of pyridine rings is 1. The average Bonchev–Trinajstić information content (AvgIpc) is 2.94. The second-order valence-electron chi connectivity index (χ2n) is 5.41. The predicted octanol–water partition coefficient (Wildman–Crippen LogP) is 4.20. The fraction of sp³-hybridized carbons (Fsp3) is 0.111. The van der Waals surface area contributed by atoms with Crippen LogP contribution in [0.5, 0.6) is 0 Å². The third kappa shape index (κ3) is 3.63. The first-order chi connectivity index (χ1) is 12.5. The predicted molar refractivity (Wildman–Crippen MR) is 106 cm³/mol. The number of aryl methyl sites for hydroxylation is 1. The number of anilines is 1. The van der Waals surface area contributed by atoms with Gasteiger partial charge in [0.05, 0.1) is 10.3 Å². The molecule has 0 radical (unpaired) electrons. The molecule has 0 aliphatic carbocycles. The highest BCUT2D eigenvalue weighted by Crippen LogP contribution is 2.28. The first-order valence-corrected chi connectivity index (χ1v) is 8.94. The van der Waals surface area contributed by atoms with E-state index in [0.29, 0.717) is 33.6 Å². The van der Waals surface area contributed by atoms with E-state index in [1.807, 2.05) is 12.1 Å². The lowest BCUT2D eigenvalue weighted by Crippen LogP contribution is -2.10. The van der Waals surface area contributed by atoms with Crippen molar-refractivity contribution in [3.05, 3.63) is 70.5 Å². The molecule has 132 valence electrons. The van der Waals surface area contributed by atoms with Crippen LogP contribution < -0.4 is 5.32 Å². The van der Waals surface area contributed by atoms with Gasteiger partial charge in [-0.3, -0.25) is 9.78 Å². The number of carbonyl (C=O) groups is 1. The van der Waals surface area contributed by atoms with Crippen LogP contribution in [0.4, 0.5) is 5.95 Å². The molecule has 1 N–H and O–H groups in total. The summed E-state index contributed by atoms with van der Waals surface area (Å²) in [5.74, 6) is 0.0490. The lowest BCUT2D eigenvalue weighted by molar-refractivity contribution is 0.104. The Labute approximate surface area is 160 Å². The van der Waals surface area contributed by atoms with Gasteiger partial charge in [0.15, 0.2) is 0 Å². The largest absolute Gasteiger partial charge is 0.350 e. The maximum Gasteiger partial charge on any atom is 0.225 e. The lowest BCUT2D eigenvalue weighted by Gasteiger charge is -2.09. The first kappa shape index (κ1) is 18.2. The molecule has 0 aromatic carbocycles. The molecule has 0 atom stereocenters. The Hall–Kier alpha value is -2.64. The van der Waals surface area contributed by atoms with Gasteiger partial charge in [-0.05, 0) is 23.1 Å². The first-order valence-electron chi connectivity index (χ1n) is 7.68. The van der Waals surface area contributed by atoms with E-state index in [-0.39, 0.29) is 11.5 Å². The number of hydrogen-bond acceptors (Lipinski definition) is 6. The number of Topliss-reactive ketones (excluding diaryl/α,β-unsaturated/α-hetero) is 1. The van der Waals surface area contributed by atoms with Crippen molar-refractivity contribution in [2.45, 2.75) is 6.54 Å². The number of rotatable bonds is 7. The molecule has 0 amide bonds. The molecule has 3 heterocycles. The van der Waals surface area contributed by atoms with Crippen molar-refractivity contribution in [1.29, 1.82) is 0 Å². The van der Waals surface area contributed by atoms with Crippen molar-refractivity contribution in [3.8, 4) is 0 Å². The molecule has 3 rings (SSSR count). The summed E-state index contributed by atoms with van der Waals surface area (Å²) in [4.78, 5) is 26.0. The zero-order valence-electron chi connectivity index (χ0n) is 14.1. The van der Waals surface area contributed by atoms with E-state index < -0.39 is 0 Å². The number of halogens is 1. The number of fused-ring (bicyclic) bond motifs is 1. The van der Waals surface area contributed by atoms with Crippen molar-refractivity contribution in [3.63, 3.8) is 0 Å². The number of aromatic nitrogens is 4. The molecule has 0 bridgehead atoms. The summed E-state index contributed by atoms with van der Waals surface area (Å²) >= 11 is 7.37. The van der Waals surface area contributed by atoms with Gasteiger partial charge in [-0.15, -0.1) is 0 Å². The highest BCUT2D eigenvalue weighted by Gasteiger charge is 2.20. The van der Waals surface area contributed by atoms with E-state index in [2.05, 4.69) is 33.4 Å². The topological polar surface area (TPSA) is 72.7 Å². The Morgan fingerprint density at radius 3 is 2.96 bits per heavy atom. The van der Waals surface area contributed by atoms with Crippen molar-refractivity contribution >= 4 is 46.1 Å². The van der Waals surface area contributed by atoms with Gasteiger partial charge < -0.3 is 9.88 Å². The number of thioether (sulfide) groups is 1. The fourth-order valence-corrected chi connectivity index (χ4v) is 2.98. The van der Waals surface area contributed by atoms with Gasteiger partial charge >= 0.3 is 0 Å². The number of ketones is 1. The van der Waals surface area contributed by atoms with Gasteiger partial charge in [-0.25, -0.2) is 4.98 Å².